The van der Waals surface area contributed by atoms with Gasteiger partial charge in [0.1, 0.15) is 12.2 Å². The molecule has 120 valence electrons. The molecule has 3 rings (SSSR count). The Morgan fingerprint density at radius 2 is 1.86 bits per heavy atom. The third kappa shape index (κ3) is 2.91. The average molecular weight is 372 g/mol. The average Bonchev–Trinajstić information content (AvgIpc) is 2.85. The number of hydrogen-bond acceptors (Lipinski definition) is 6. The molecule has 2 heterocycles. The first kappa shape index (κ1) is 15.9. The molecule has 0 aliphatic carbocycles. The van der Waals surface area contributed by atoms with Gasteiger partial charge in [-0.2, -0.15) is 0 Å². The number of rotatable bonds is 2. The minimum atomic E-state index is -1.11. The molecule has 22 heavy (non-hydrogen) atoms. The van der Waals surface area contributed by atoms with E-state index in [1.165, 1.54) is 0 Å². The molecule has 4 unspecified atom stereocenters. The topological polar surface area (TPSA) is 90.2 Å². The van der Waals surface area contributed by atoms with E-state index in [9.17, 15) is 20.1 Å². The van der Waals surface area contributed by atoms with E-state index >= 15 is 0 Å². The quantitative estimate of drug-likeness (QED) is 0.641. The van der Waals surface area contributed by atoms with Crippen LogP contribution in [0.2, 0.25) is 0 Å². The van der Waals surface area contributed by atoms with Crippen LogP contribution >= 0.6 is 15.9 Å². The molecule has 2 aliphatic heterocycles. The number of nitrogens with zero attached hydrogens (tertiary/aromatic N) is 1. The van der Waals surface area contributed by atoms with E-state index in [1.54, 1.807) is 24.3 Å². The van der Waals surface area contributed by atoms with Crippen molar-refractivity contribution >= 4 is 21.9 Å². The van der Waals surface area contributed by atoms with Crippen molar-refractivity contribution < 1.29 is 24.9 Å². The number of ether oxygens (including phenoxy) is 1. The van der Waals surface area contributed by atoms with Crippen molar-refractivity contribution in [2.45, 2.75) is 36.9 Å². The molecule has 0 bridgehead atoms. The van der Waals surface area contributed by atoms with Crippen LogP contribution in [0.1, 0.15) is 16.8 Å². The Morgan fingerprint density at radius 3 is 2.55 bits per heavy atom. The summed E-state index contributed by atoms with van der Waals surface area (Å²) in [6, 6.07) is 6.14. The second kappa shape index (κ2) is 6.25. The number of carbonyl (C=O) groups is 1. The van der Waals surface area contributed by atoms with Gasteiger partial charge in [-0.25, -0.2) is 4.79 Å². The standard InChI is InChI=1S/C15H18BrNO5/c16-9-3-1-8(2-4-9)15(21)22-14-11(19)7-17-6-5-10(18)12(17)13(14)20/h1-4,10-14,18-20H,5-7H2/t10-,11?,12?,13?,14?/m0/s1. The van der Waals surface area contributed by atoms with Gasteiger partial charge in [0.15, 0.2) is 6.10 Å². The first-order chi connectivity index (χ1) is 10.5. The highest BCUT2D eigenvalue weighted by Gasteiger charge is 2.49. The van der Waals surface area contributed by atoms with Crippen molar-refractivity contribution in [3.63, 3.8) is 0 Å². The number of benzene rings is 1. The molecule has 0 amide bonds. The van der Waals surface area contributed by atoms with Crippen LogP contribution in [-0.4, -0.2) is 69.7 Å². The lowest BCUT2D eigenvalue weighted by Gasteiger charge is -2.42. The van der Waals surface area contributed by atoms with Crippen molar-refractivity contribution in [3.8, 4) is 0 Å². The minimum absolute atomic E-state index is 0.275. The third-order valence-corrected chi connectivity index (χ3v) is 4.87. The second-order valence-corrected chi connectivity index (χ2v) is 6.69. The van der Waals surface area contributed by atoms with Crippen LogP contribution in [0.4, 0.5) is 0 Å². The SMILES string of the molecule is O=C(OC1C(O)CN2CC[C@H](O)C2C1O)c1ccc(Br)cc1. The normalized spacial score (nSPS) is 35.2. The molecular formula is C15H18BrNO5. The van der Waals surface area contributed by atoms with E-state index in [0.717, 1.165) is 4.47 Å². The number of aliphatic hydroxyl groups is 3. The van der Waals surface area contributed by atoms with Crippen molar-refractivity contribution in [1.29, 1.82) is 0 Å². The zero-order chi connectivity index (χ0) is 15.9. The molecule has 1 aromatic carbocycles. The maximum atomic E-state index is 12.2. The molecule has 6 nitrogen and oxygen atoms in total. The smallest absolute Gasteiger partial charge is 0.338 e. The Hall–Kier alpha value is -0.990. The van der Waals surface area contributed by atoms with Gasteiger partial charge in [-0.3, -0.25) is 4.90 Å². The van der Waals surface area contributed by atoms with Gasteiger partial charge in [0.05, 0.1) is 17.7 Å². The number of piperidine rings is 1. The number of esters is 1. The van der Waals surface area contributed by atoms with Crippen LogP contribution in [0.25, 0.3) is 0 Å². The third-order valence-electron chi connectivity index (χ3n) is 4.34. The van der Waals surface area contributed by atoms with Crippen LogP contribution in [0, 0.1) is 0 Å². The fraction of sp³-hybridized carbons (Fsp3) is 0.533. The largest absolute Gasteiger partial charge is 0.453 e. The highest BCUT2D eigenvalue weighted by atomic mass is 79.9. The Morgan fingerprint density at radius 1 is 1.18 bits per heavy atom. The summed E-state index contributed by atoms with van der Waals surface area (Å²) in [5.41, 5.74) is 0.344. The molecule has 0 radical (unpaired) electrons. The number of halogens is 1. The Kier molecular flexibility index (Phi) is 4.52. The lowest BCUT2D eigenvalue weighted by molar-refractivity contribution is -0.144. The van der Waals surface area contributed by atoms with Crippen LogP contribution in [0.3, 0.4) is 0 Å². The fourth-order valence-electron chi connectivity index (χ4n) is 3.21. The molecular weight excluding hydrogens is 354 g/mol. The Balaban J connectivity index is 1.73. The van der Waals surface area contributed by atoms with E-state index in [4.69, 9.17) is 4.74 Å². The monoisotopic (exact) mass is 371 g/mol. The zero-order valence-corrected chi connectivity index (χ0v) is 13.4. The highest BCUT2D eigenvalue weighted by Crippen LogP contribution is 2.30. The van der Waals surface area contributed by atoms with Crippen molar-refractivity contribution in [2.24, 2.45) is 0 Å². The predicted octanol–water partition coefficient (Wildman–Crippen LogP) is 0.145. The van der Waals surface area contributed by atoms with Crippen LogP contribution < -0.4 is 0 Å². The summed E-state index contributed by atoms with van der Waals surface area (Å²) in [5, 5.41) is 30.5. The number of carbonyl (C=O) groups excluding carboxylic acids is 1. The summed E-state index contributed by atoms with van der Waals surface area (Å²) in [4.78, 5) is 14.0. The van der Waals surface area contributed by atoms with Crippen molar-refractivity contribution in [2.75, 3.05) is 13.1 Å². The van der Waals surface area contributed by atoms with E-state index < -0.39 is 36.4 Å². The van der Waals surface area contributed by atoms with E-state index in [2.05, 4.69) is 15.9 Å². The predicted molar refractivity (Wildman–Crippen MR) is 81.3 cm³/mol. The maximum absolute atomic E-state index is 12.2. The Bertz CT molecular complexity index is 551. The van der Waals surface area contributed by atoms with E-state index in [0.29, 0.717) is 18.5 Å². The molecule has 0 spiro atoms. The molecule has 0 aromatic heterocycles. The van der Waals surface area contributed by atoms with Crippen LogP contribution in [-0.2, 0) is 4.74 Å². The van der Waals surface area contributed by atoms with Gasteiger partial charge in [0.2, 0.25) is 0 Å². The first-order valence-electron chi connectivity index (χ1n) is 7.22. The second-order valence-electron chi connectivity index (χ2n) is 5.78. The zero-order valence-electron chi connectivity index (χ0n) is 11.8. The summed E-state index contributed by atoms with van der Waals surface area (Å²) >= 11 is 3.28. The molecule has 1 aromatic rings. The van der Waals surface area contributed by atoms with Gasteiger partial charge in [-0.1, -0.05) is 15.9 Å². The van der Waals surface area contributed by atoms with Gasteiger partial charge < -0.3 is 20.1 Å². The molecule has 7 heteroatoms. The lowest BCUT2D eigenvalue weighted by Crippen LogP contribution is -2.62. The molecule has 5 atom stereocenters. The van der Waals surface area contributed by atoms with Crippen molar-refractivity contribution in [3.05, 3.63) is 34.3 Å². The summed E-state index contributed by atoms with van der Waals surface area (Å²) in [6.07, 6.45) is -3.25. The Labute approximate surface area is 136 Å². The van der Waals surface area contributed by atoms with Crippen LogP contribution in [0.5, 0.6) is 0 Å². The summed E-state index contributed by atoms with van der Waals surface area (Å²) in [7, 11) is 0. The van der Waals surface area contributed by atoms with E-state index in [1.807, 2.05) is 4.90 Å². The summed E-state index contributed by atoms with van der Waals surface area (Å²) in [6.45, 7) is 0.893. The summed E-state index contributed by atoms with van der Waals surface area (Å²) < 4.78 is 6.15. The van der Waals surface area contributed by atoms with Gasteiger partial charge >= 0.3 is 5.97 Å². The minimum Gasteiger partial charge on any atom is -0.453 e. The first-order valence-corrected chi connectivity index (χ1v) is 8.01. The van der Waals surface area contributed by atoms with Gasteiger partial charge in [0, 0.05) is 17.6 Å². The maximum Gasteiger partial charge on any atom is 0.338 e. The van der Waals surface area contributed by atoms with E-state index in [-0.39, 0.29) is 6.54 Å². The number of fused-ring (bicyclic) bond motifs is 1. The molecule has 2 aliphatic rings. The summed E-state index contributed by atoms with van der Waals surface area (Å²) in [5.74, 6) is -0.600. The molecule has 2 fully saturated rings. The fourth-order valence-corrected chi connectivity index (χ4v) is 3.47. The van der Waals surface area contributed by atoms with Gasteiger partial charge in [-0.15, -0.1) is 0 Å². The molecule has 2 saturated heterocycles. The van der Waals surface area contributed by atoms with Crippen molar-refractivity contribution in [1.82, 2.24) is 4.90 Å². The highest BCUT2D eigenvalue weighted by molar-refractivity contribution is 9.10. The number of aliphatic hydroxyl groups excluding tert-OH is 3. The molecule has 3 N–H and O–H groups in total. The molecule has 0 saturated carbocycles. The van der Waals surface area contributed by atoms with Gasteiger partial charge in [-0.05, 0) is 30.7 Å². The van der Waals surface area contributed by atoms with Crippen LogP contribution in [0.15, 0.2) is 28.7 Å². The lowest BCUT2D eigenvalue weighted by atomic mass is 9.92. The van der Waals surface area contributed by atoms with Gasteiger partial charge in [0.25, 0.3) is 0 Å². The number of hydrogen-bond donors (Lipinski definition) is 3.